The molecule has 0 spiro atoms. The molecule has 0 radical (unpaired) electrons. The fourth-order valence-electron chi connectivity index (χ4n) is 3.93. The lowest BCUT2D eigenvalue weighted by molar-refractivity contribution is -0.136. The molecule has 0 bridgehead atoms. The first-order valence-corrected chi connectivity index (χ1v) is 11.4. The number of hydrogen-bond donors (Lipinski definition) is 1. The number of aliphatic imine (C=N–C) groups is 1. The smallest absolute Gasteiger partial charge is 0.338 e. The molecule has 8 nitrogen and oxygen atoms in total. The number of esters is 1. The molecule has 0 aromatic heterocycles. The Bertz CT molecular complexity index is 1030. The van der Waals surface area contributed by atoms with E-state index in [1.807, 2.05) is 29.4 Å². The highest BCUT2D eigenvalue weighted by molar-refractivity contribution is 8.16. The number of amides is 1. The minimum Gasteiger partial charge on any atom is -0.497 e. The number of ether oxygens (including phenoxy) is 3. The van der Waals surface area contributed by atoms with Crippen LogP contribution in [0.4, 0.5) is 0 Å². The second kappa shape index (κ2) is 9.28. The van der Waals surface area contributed by atoms with Crippen LogP contribution in [0.3, 0.4) is 0 Å². The zero-order chi connectivity index (χ0) is 22.8. The highest BCUT2D eigenvalue weighted by Crippen LogP contribution is 2.48. The second-order valence-electron chi connectivity index (χ2n) is 7.73. The Balaban J connectivity index is 1.82. The average Bonchev–Trinajstić information content (AvgIpc) is 3.54. The van der Waals surface area contributed by atoms with Crippen LogP contribution in [-0.4, -0.2) is 49.3 Å². The summed E-state index contributed by atoms with van der Waals surface area (Å²) in [6.45, 7) is 1.95. The summed E-state index contributed by atoms with van der Waals surface area (Å²) in [4.78, 5) is 32.3. The van der Waals surface area contributed by atoms with E-state index >= 15 is 0 Å². The van der Waals surface area contributed by atoms with Crippen LogP contribution in [0.5, 0.6) is 11.5 Å². The number of benzene rings is 1. The van der Waals surface area contributed by atoms with Gasteiger partial charge in [-0.1, -0.05) is 18.7 Å². The van der Waals surface area contributed by atoms with Crippen LogP contribution in [0.2, 0.25) is 0 Å². The molecule has 4 rings (SSSR count). The molecule has 1 atom stereocenters. The molecule has 3 aliphatic rings. The summed E-state index contributed by atoms with van der Waals surface area (Å²) in [7, 11) is 4.54. The zero-order valence-corrected chi connectivity index (χ0v) is 19.5. The quantitative estimate of drug-likeness (QED) is 0.598. The molecule has 0 saturated heterocycles. The summed E-state index contributed by atoms with van der Waals surface area (Å²) in [6.07, 6.45) is 2.80. The third-order valence-electron chi connectivity index (χ3n) is 5.64. The average molecular weight is 458 g/mol. The van der Waals surface area contributed by atoms with Crippen LogP contribution in [0.15, 0.2) is 45.6 Å². The monoisotopic (exact) mass is 457 g/mol. The van der Waals surface area contributed by atoms with E-state index in [1.54, 1.807) is 20.3 Å². The van der Waals surface area contributed by atoms with Gasteiger partial charge in [-0.3, -0.25) is 4.79 Å². The topological polar surface area (TPSA) is 89.5 Å². The fraction of sp³-hybridized carbons (Fsp3) is 0.435. The maximum absolute atomic E-state index is 13.0. The molecule has 2 heterocycles. The van der Waals surface area contributed by atoms with Crippen molar-refractivity contribution in [3.05, 3.63) is 46.1 Å². The number of carbonyl (C=O) groups is 2. The van der Waals surface area contributed by atoms with Gasteiger partial charge in [0.15, 0.2) is 5.17 Å². The van der Waals surface area contributed by atoms with Crippen molar-refractivity contribution in [3.63, 3.8) is 0 Å². The van der Waals surface area contributed by atoms with E-state index in [0.717, 1.165) is 29.3 Å². The Morgan fingerprint density at radius 3 is 2.62 bits per heavy atom. The highest BCUT2D eigenvalue weighted by Gasteiger charge is 2.43. The first kappa shape index (κ1) is 22.3. The van der Waals surface area contributed by atoms with Gasteiger partial charge in [0.25, 0.3) is 0 Å². The van der Waals surface area contributed by atoms with Crippen LogP contribution in [-0.2, 0) is 14.3 Å². The minimum atomic E-state index is -0.565. The van der Waals surface area contributed by atoms with Crippen LogP contribution in [0, 0.1) is 0 Å². The van der Waals surface area contributed by atoms with Crippen molar-refractivity contribution in [2.24, 2.45) is 4.99 Å². The Labute approximate surface area is 191 Å². The maximum Gasteiger partial charge on any atom is 0.338 e. The molecular formula is C23H27N3O5S. The molecule has 1 amide bonds. The Morgan fingerprint density at radius 2 is 2.00 bits per heavy atom. The number of carbonyl (C=O) groups excluding carboxylic acids is 2. The lowest BCUT2D eigenvalue weighted by Crippen LogP contribution is -2.38. The van der Waals surface area contributed by atoms with E-state index in [9.17, 15) is 9.59 Å². The van der Waals surface area contributed by atoms with Crippen molar-refractivity contribution in [2.75, 3.05) is 21.3 Å². The van der Waals surface area contributed by atoms with Crippen molar-refractivity contribution >= 4 is 28.8 Å². The molecule has 2 aliphatic heterocycles. The van der Waals surface area contributed by atoms with Crippen LogP contribution < -0.4 is 14.8 Å². The minimum absolute atomic E-state index is 0.0400. The van der Waals surface area contributed by atoms with Gasteiger partial charge in [-0.2, -0.15) is 0 Å². The summed E-state index contributed by atoms with van der Waals surface area (Å²) in [6, 6.07) is 5.18. The molecule has 9 heteroatoms. The molecule has 32 heavy (non-hydrogen) atoms. The van der Waals surface area contributed by atoms with E-state index in [4.69, 9.17) is 19.2 Å². The van der Waals surface area contributed by atoms with Gasteiger partial charge >= 0.3 is 5.97 Å². The SMILES string of the molecule is CCC1=C(C(=O)OC)[C@H](c2cc(OC)ccc2OC)N2C(CC(=O)NC3CC3)=CSC2=N1. The van der Waals surface area contributed by atoms with Crippen LogP contribution >= 0.6 is 11.8 Å². The van der Waals surface area contributed by atoms with Gasteiger partial charge in [-0.25, -0.2) is 9.79 Å². The van der Waals surface area contributed by atoms with Crippen molar-refractivity contribution in [1.29, 1.82) is 0 Å². The van der Waals surface area contributed by atoms with Crippen molar-refractivity contribution in [2.45, 2.75) is 44.7 Å². The van der Waals surface area contributed by atoms with E-state index in [2.05, 4.69) is 5.32 Å². The molecular weight excluding hydrogens is 430 g/mol. The third kappa shape index (κ3) is 4.21. The van der Waals surface area contributed by atoms with E-state index in [1.165, 1.54) is 18.9 Å². The number of allylic oxidation sites excluding steroid dienone is 1. The second-order valence-corrected chi connectivity index (χ2v) is 8.56. The van der Waals surface area contributed by atoms with Gasteiger partial charge in [0.05, 0.1) is 45.1 Å². The largest absolute Gasteiger partial charge is 0.497 e. The van der Waals surface area contributed by atoms with Gasteiger partial charge in [-0.15, -0.1) is 0 Å². The van der Waals surface area contributed by atoms with Crippen molar-refractivity contribution in [3.8, 4) is 11.5 Å². The summed E-state index contributed by atoms with van der Waals surface area (Å²) in [5, 5.41) is 5.68. The third-order valence-corrected chi connectivity index (χ3v) is 6.53. The van der Waals surface area contributed by atoms with Crippen LogP contribution in [0.1, 0.15) is 44.2 Å². The first-order valence-electron chi connectivity index (χ1n) is 10.6. The number of fused-ring (bicyclic) bond motifs is 1. The summed E-state index contributed by atoms with van der Waals surface area (Å²) in [5.74, 6) is 0.739. The molecule has 1 N–H and O–H groups in total. The van der Waals surface area contributed by atoms with Gasteiger partial charge in [0.1, 0.15) is 11.5 Å². The van der Waals surface area contributed by atoms with E-state index < -0.39 is 12.0 Å². The standard InChI is InChI=1S/C23H27N3O5S/c1-5-17-20(22(28)31-4)21(16-11-15(29-2)8-9-18(16)30-3)26-14(12-32-23(26)25-17)10-19(27)24-13-6-7-13/h8-9,11-13,21H,5-7,10H2,1-4H3,(H,24,27)/t21-/m0/s1. The van der Waals surface area contributed by atoms with Gasteiger partial charge in [0.2, 0.25) is 5.91 Å². The zero-order valence-electron chi connectivity index (χ0n) is 18.6. The number of thioether (sulfide) groups is 1. The predicted octanol–water partition coefficient (Wildman–Crippen LogP) is 3.51. The number of nitrogens with zero attached hydrogens (tertiary/aromatic N) is 2. The summed E-state index contributed by atoms with van der Waals surface area (Å²) < 4.78 is 16.3. The lowest BCUT2D eigenvalue weighted by atomic mass is 9.92. The van der Waals surface area contributed by atoms with E-state index in [-0.39, 0.29) is 18.4 Å². The number of rotatable bonds is 8. The normalized spacial score (nSPS) is 19.8. The van der Waals surface area contributed by atoms with Crippen molar-refractivity contribution in [1.82, 2.24) is 10.2 Å². The Hall–Kier alpha value is -2.94. The summed E-state index contributed by atoms with van der Waals surface area (Å²) >= 11 is 1.45. The molecule has 1 aromatic carbocycles. The molecule has 170 valence electrons. The molecule has 0 unspecified atom stereocenters. The predicted molar refractivity (Wildman–Crippen MR) is 122 cm³/mol. The maximum atomic E-state index is 13.0. The van der Waals surface area contributed by atoms with Crippen molar-refractivity contribution < 1.29 is 23.8 Å². The van der Waals surface area contributed by atoms with Crippen LogP contribution in [0.25, 0.3) is 0 Å². The van der Waals surface area contributed by atoms with E-state index in [0.29, 0.717) is 29.2 Å². The highest BCUT2D eigenvalue weighted by atomic mass is 32.2. The molecule has 1 aromatic rings. The Morgan fingerprint density at radius 1 is 1.22 bits per heavy atom. The number of amidine groups is 1. The molecule has 1 fully saturated rings. The molecule has 1 aliphatic carbocycles. The lowest BCUT2D eigenvalue weighted by Gasteiger charge is -2.37. The molecule has 1 saturated carbocycles. The van der Waals surface area contributed by atoms with Gasteiger partial charge in [0, 0.05) is 17.3 Å². The van der Waals surface area contributed by atoms with Gasteiger partial charge < -0.3 is 24.4 Å². The van der Waals surface area contributed by atoms with Gasteiger partial charge in [-0.05, 0) is 42.9 Å². The number of nitrogens with one attached hydrogen (secondary N) is 1. The fourth-order valence-corrected chi connectivity index (χ4v) is 4.87. The number of methoxy groups -OCH3 is 3. The number of hydrogen-bond acceptors (Lipinski definition) is 8. The Kier molecular flexibility index (Phi) is 6.45. The first-order chi connectivity index (χ1) is 15.5. The summed E-state index contributed by atoms with van der Waals surface area (Å²) in [5.41, 5.74) is 2.60.